The number of nitrogens with zero attached hydrogens (tertiary/aromatic N) is 2. The minimum atomic E-state index is -1.28. The summed E-state index contributed by atoms with van der Waals surface area (Å²) in [6, 6.07) is 12.2. The van der Waals surface area contributed by atoms with E-state index in [0.29, 0.717) is 28.7 Å². The van der Waals surface area contributed by atoms with Gasteiger partial charge in [-0.3, -0.25) is 4.79 Å². The van der Waals surface area contributed by atoms with Gasteiger partial charge in [-0.15, -0.1) is 0 Å². The molecular formula is C21H20ClN2O5-. The van der Waals surface area contributed by atoms with Crippen molar-refractivity contribution in [3.8, 4) is 11.5 Å². The standard InChI is InChI=1S/C21H21ClN2O5/c1-28-18-8-5-14(11-19(18)29-2)17-12-16(13-3-6-15(22)7-4-13)23-24(17)20(25)9-10-21(26)27/h3-8,11,17H,9-10,12H2,1-2H3,(H,26,27)/p-1/t17-/m1/s1. The molecule has 1 aliphatic rings. The third-order valence-electron chi connectivity index (χ3n) is 4.68. The van der Waals surface area contributed by atoms with Gasteiger partial charge in [-0.2, -0.15) is 5.10 Å². The summed E-state index contributed by atoms with van der Waals surface area (Å²) in [5.41, 5.74) is 2.36. The number of hydrogen-bond acceptors (Lipinski definition) is 6. The largest absolute Gasteiger partial charge is 0.550 e. The van der Waals surface area contributed by atoms with E-state index >= 15 is 0 Å². The highest BCUT2D eigenvalue weighted by Crippen LogP contribution is 2.37. The van der Waals surface area contributed by atoms with Crippen molar-refractivity contribution in [3.63, 3.8) is 0 Å². The molecule has 0 saturated carbocycles. The van der Waals surface area contributed by atoms with E-state index in [0.717, 1.165) is 11.1 Å². The van der Waals surface area contributed by atoms with Crippen molar-refractivity contribution < 1.29 is 24.2 Å². The maximum Gasteiger partial charge on any atom is 0.243 e. The summed E-state index contributed by atoms with van der Waals surface area (Å²) in [7, 11) is 3.08. The summed E-state index contributed by atoms with van der Waals surface area (Å²) in [5.74, 6) is -0.560. The maximum absolute atomic E-state index is 12.7. The Bertz CT molecular complexity index is 943. The predicted molar refractivity (Wildman–Crippen MR) is 106 cm³/mol. The van der Waals surface area contributed by atoms with E-state index in [-0.39, 0.29) is 12.8 Å². The fourth-order valence-corrected chi connectivity index (χ4v) is 3.33. The van der Waals surface area contributed by atoms with Crippen LogP contribution in [0, 0.1) is 0 Å². The third-order valence-corrected chi connectivity index (χ3v) is 4.93. The van der Waals surface area contributed by atoms with Crippen LogP contribution in [-0.4, -0.2) is 36.8 Å². The summed E-state index contributed by atoms with van der Waals surface area (Å²) in [6.45, 7) is 0. The Morgan fingerprint density at radius 2 is 1.79 bits per heavy atom. The predicted octanol–water partition coefficient (Wildman–Crippen LogP) is 2.57. The second-order valence-electron chi connectivity index (χ2n) is 6.50. The van der Waals surface area contributed by atoms with Gasteiger partial charge in [-0.05, 0) is 41.8 Å². The zero-order valence-electron chi connectivity index (χ0n) is 16.1. The van der Waals surface area contributed by atoms with Crippen LogP contribution in [0.15, 0.2) is 47.6 Å². The lowest BCUT2D eigenvalue weighted by atomic mass is 9.98. The van der Waals surface area contributed by atoms with E-state index in [4.69, 9.17) is 21.1 Å². The molecule has 1 heterocycles. The van der Waals surface area contributed by atoms with E-state index in [1.165, 1.54) is 12.1 Å². The van der Waals surface area contributed by atoms with E-state index in [2.05, 4.69) is 5.10 Å². The van der Waals surface area contributed by atoms with E-state index in [1.54, 1.807) is 31.4 Å². The monoisotopic (exact) mass is 415 g/mol. The lowest BCUT2D eigenvalue weighted by molar-refractivity contribution is -0.305. The zero-order valence-corrected chi connectivity index (χ0v) is 16.8. The summed E-state index contributed by atoms with van der Waals surface area (Å²) >= 11 is 5.96. The molecule has 0 N–H and O–H groups in total. The Hall–Kier alpha value is -3.06. The van der Waals surface area contributed by atoms with Crippen molar-refractivity contribution in [1.82, 2.24) is 5.01 Å². The van der Waals surface area contributed by atoms with Crippen LogP contribution in [-0.2, 0) is 9.59 Å². The number of carboxylic acid groups (broad SMARTS) is 1. The summed E-state index contributed by atoms with van der Waals surface area (Å²) in [5, 5.41) is 17.2. The van der Waals surface area contributed by atoms with Crippen LogP contribution in [0.3, 0.4) is 0 Å². The normalized spacial score (nSPS) is 15.8. The number of amides is 1. The third kappa shape index (κ3) is 4.68. The van der Waals surface area contributed by atoms with Crippen LogP contribution in [0.1, 0.15) is 36.4 Å². The highest BCUT2D eigenvalue weighted by Gasteiger charge is 2.33. The van der Waals surface area contributed by atoms with Gasteiger partial charge < -0.3 is 19.4 Å². The first-order valence-electron chi connectivity index (χ1n) is 9.00. The fourth-order valence-electron chi connectivity index (χ4n) is 3.20. The van der Waals surface area contributed by atoms with Crippen LogP contribution in [0.5, 0.6) is 11.5 Å². The summed E-state index contributed by atoms with van der Waals surface area (Å²) < 4.78 is 10.6. The lowest BCUT2D eigenvalue weighted by Crippen LogP contribution is -2.29. The van der Waals surface area contributed by atoms with E-state index < -0.39 is 17.9 Å². The molecule has 29 heavy (non-hydrogen) atoms. The molecule has 3 rings (SSSR count). The van der Waals surface area contributed by atoms with Crippen molar-refractivity contribution in [3.05, 3.63) is 58.6 Å². The molecule has 0 saturated heterocycles. The highest BCUT2D eigenvalue weighted by molar-refractivity contribution is 6.30. The number of methoxy groups -OCH3 is 2. The molecule has 0 spiro atoms. The zero-order chi connectivity index (χ0) is 21.0. The molecule has 7 nitrogen and oxygen atoms in total. The van der Waals surface area contributed by atoms with Crippen molar-refractivity contribution in [2.75, 3.05) is 14.2 Å². The van der Waals surface area contributed by atoms with Gasteiger partial charge in [0.2, 0.25) is 5.91 Å². The van der Waals surface area contributed by atoms with Crippen molar-refractivity contribution in [2.45, 2.75) is 25.3 Å². The summed E-state index contributed by atoms with van der Waals surface area (Å²) in [6.07, 6.45) is -0.0858. The first kappa shape index (κ1) is 20.7. The second kappa shape index (κ2) is 8.96. The average molecular weight is 416 g/mol. The molecule has 0 radical (unpaired) electrons. The number of benzene rings is 2. The minimum absolute atomic E-state index is 0.191. The number of carbonyl (C=O) groups is 2. The number of carbonyl (C=O) groups excluding carboxylic acids is 2. The Balaban J connectivity index is 1.94. The Kier molecular flexibility index (Phi) is 6.39. The molecule has 2 aromatic carbocycles. The smallest absolute Gasteiger partial charge is 0.243 e. The van der Waals surface area contributed by atoms with Crippen LogP contribution in [0.25, 0.3) is 0 Å². The molecule has 8 heteroatoms. The molecule has 1 amide bonds. The lowest BCUT2D eigenvalue weighted by Gasteiger charge is -2.23. The van der Waals surface area contributed by atoms with Gasteiger partial charge in [0.25, 0.3) is 0 Å². The number of carboxylic acids is 1. The van der Waals surface area contributed by atoms with Crippen LogP contribution >= 0.6 is 11.6 Å². The number of hydrogen-bond donors (Lipinski definition) is 0. The van der Waals surface area contributed by atoms with Gasteiger partial charge in [0.1, 0.15) is 0 Å². The first-order chi connectivity index (χ1) is 13.9. The van der Waals surface area contributed by atoms with Gasteiger partial charge in [0.05, 0.1) is 26.0 Å². The molecule has 1 aliphatic heterocycles. The van der Waals surface area contributed by atoms with E-state index in [9.17, 15) is 14.7 Å². The van der Waals surface area contributed by atoms with Crippen molar-refractivity contribution >= 4 is 29.2 Å². The van der Waals surface area contributed by atoms with Gasteiger partial charge in [0, 0.05) is 23.8 Å². The molecule has 0 aromatic heterocycles. The molecule has 0 unspecified atom stereocenters. The van der Waals surface area contributed by atoms with Crippen molar-refractivity contribution in [1.29, 1.82) is 0 Å². The topological polar surface area (TPSA) is 91.3 Å². The van der Waals surface area contributed by atoms with Crippen LogP contribution in [0.2, 0.25) is 5.02 Å². The number of halogens is 1. The molecule has 0 fully saturated rings. The molecule has 0 aliphatic carbocycles. The van der Waals surface area contributed by atoms with Crippen molar-refractivity contribution in [2.24, 2.45) is 5.10 Å². The molecule has 1 atom stereocenters. The van der Waals surface area contributed by atoms with Gasteiger partial charge >= 0.3 is 0 Å². The number of rotatable bonds is 7. The maximum atomic E-state index is 12.7. The second-order valence-corrected chi connectivity index (χ2v) is 6.93. The quantitative estimate of drug-likeness (QED) is 0.693. The number of hydrazone groups is 1. The number of aliphatic carboxylic acids is 1. The minimum Gasteiger partial charge on any atom is -0.550 e. The van der Waals surface area contributed by atoms with Gasteiger partial charge in [-0.1, -0.05) is 29.8 Å². The first-order valence-corrected chi connectivity index (χ1v) is 9.38. The highest BCUT2D eigenvalue weighted by atomic mass is 35.5. The molecule has 152 valence electrons. The van der Waals surface area contributed by atoms with Crippen LogP contribution in [0.4, 0.5) is 0 Å². The van der Waals surface area contributed by atoms with Gasteiger partial charge in [0.15, 0.2) is 11.5 Å². The molecule has 2 aromatic rings. The molecular weight excluding hydrogens is 396 g/mol. The number of ether oxygens (including phenoxy) is 2. The SMILES string of the molecule is COc1ccc([C@H]2CC(c3ccc(Cl)cc3)=NN2C(=O)CCC(=O)[O-])cc1OC. The molecule has 0 bridgehead atoms. The van der Waals surface area contributed by atoms with Crippen LogP contribution < -0.4 is 14.6 Å². The van der Waals surface area contributed by atoms with Gasteiger partial charge in [-0.25, -0.2) is 5.01 Å². The fraction of sp³-hybridized carbons (Fsp3) is 0.286. The van der Waals surface area contributed by atoms with E-state index in [1.807, 2.05) is 18.2 Å². The average Bonchev–Trinajstić information content (AvgIpc) is 3.17. The Labute approximate surface area is 173 Å². The Morgan fingerprint density at radius 1 is 1.10 bits per heavy atom. The Morgan fingerprint density at radius 3 is 2.41 bits per heavy atom. The summed E-state index contributed by atoms with van der Waals surface area (Å²) in [4.78, 5) is 23.5.